The lowest BCUT2D eigenvalue weighted by Gasteiger charge is -2.37. The van der Waals surface area contributed by atoms with E-state index >= 15 is 0 Å². The van der Waals surface area contributed by atoms with Crippen LogP contribution in [0.5, 0.6) is 23.0 Å². The molecule has 19 heteroatoms. The maximum Gasteiger partial charge on any atom is 0.329 e. The number of Topliss-reactive ketones (excluding diaryl/α,β-unsaturated/α-hetero) is 2. The number of carbonyl (C=O) groups is 8. The van der Waals surface area contributed by atoms with Crippen LogP contribution in [0.3, 0.4) is 0 Å². The first kappa shape index (κ1) is 64.1. The van der Waals surface area contributed by atoms with Crippen LogP contribution in [-0.4, -0.2) is 143 Å². The van der Waals surface area contributed by atoms with E-state index in [2.05, 4.69) is 37.4 Å². The summed E-state index contributed by atoms with van der Waals surface area (Å²) < 4.78 is 46.3. The summed E-state index contributed by atoms with van der Waals surface area (Å²) in [5.74, 6) is -2.10. The van der Waals surface area contributed by atoms with E-state index in [1.165, 1.54) is 23.3 Å². The Morgan fingerprint density at radius 2 is 1.36 bits per heavy atom. The first-order valence-corrected chi connectivity index (χ1v) is 29.4. The molecule has 3 aliphatic heterocycles. The van der Waals surface area contributed by atoms with Gasteiger partial charge in [-0.3, -0.25) is 43.8 Å². The standard InChI is InChI=1S/C65H81N3O16/c1-7-51(47-37-44(4)60(78-6)57(39-47)77-5)62(73)67-29-11-8-21-54(67)65(76)84-55(27-25-45-24-23-42(2)43(3)36-45)46-16-14-19-50(38-46)82-40-48(69)17-9-12-30-79-32-34-81-35-33-80-31-13-10-18-49(70)41-83-56-22-15-20-52-59(56)64(75)68(63(52)74)53-26-28-58(71)66-61(53)72/h14-16,19-20,22-24,36-39,51,53-55H,7-13,17-18,21,25-35,40-41H2,1-6H3,(H,66,71,72)/t51-,53?,54-,55-/m0/s1. The Kier molecular flexibility index (Phi) is 24.4. The number of ketones is 2. The summed E-state index contributed by atoms with van der Waals surface area (Å²) in [4.78, 5) is 107. The number of aryl methyl sites for hydroxylation is 4. The number of nitrogens with zero attached hydrogens (tertiary/aromatic N) is 2. The van der Waals surface area contributed by atoms with Gasteiger partial charge in [0.1, 0.15) is 42.9 Å². The van der Waals surface area contributed by atoms with Crippen molar-refractivity contribution in [3.63, 3.8) is 0 Å². The molecule has 3 aliphatic rings. The molecule has 1 N–H and O–H groups in total. The normalized spacial score (nSPS) is 16.6. The number of esters is 1. The highest BCUT2D eigenvalue weighted by atomic mass is 16.6. The van der Waals surface area contributed by atoms with Crippen LogP contribution in [0.25, 0.3) is 0 Å². The largest absolute Gasteiger partial charge is 0.493 e. The number of unbranched alkanes of at least 4 members (excludes halogenated alkanes) is 2. The van der Waals surface area contributed by atoms with Crippen LogP contribution in [0.2, 0.25) is 0 Å². The zero-order chi connectivity index (χ0) is 60.1. The Morgan fingerprint density at radius 3 is 2.02 bits per heavy atom. The van der Waals surface area contributed by atoms with Gasteiger partial charge in [0.05, 0.1) is 57.7 Å². The molecule has 0 spiro atoms. The van der Waals surface area contributed by atoms with Crippen molar-refractivity contribution >= 4 is 47.1 Å². The van der Waals surface area contributed by atoms with Crippen molar-refractivity contribution in [3.8, 4) is 23.0 Å². The number of nitrogens with one attached hydrogen (secondary N) is 1. The topological polar surface area (TPSA) is 229 Å². The molecule has 3 heterocycles. The van der Waals surface area contributed by atoms with Crippen molar-refractivity contribution in [2.24, 2.45) is 0 Å². The van der Waals surface area contributed by atoms with Gasteiger partial charge < -0.3 is 42.8 Å². The second-order valence-corrected chi connectivity index (χ2v) is 21.6. The number of benzene rings is 4. The Bertz CT molecular complexity index is 2980. The van der Waals surface area contributed by atoms with E-state index in [9.17, 15) is 38.4 Å². The second kappa shape index (κ2) is 32.0. The maximum absolute atomic E-state index is 14.5. The van der Waals surface area contributed by atoms with Gasteiger partial charge in [-0.2, -0.15) is 0 Å². The average molecular weight is 1160 g/mol. The number of imide groups is 2. The number of amides is 5. The third-order valence-electron chi connectivity index (χ3n) is 15.6. The van der Waals surface area contributed by atoms with Crippen LogP contribution < -0.4 is 24.3 Å². The van der Waals surface area contributed by atoms with E-state index in [0.717, 1.165) is 40.0 Å². The first-order valence-electron chi connectivity index (χ1n) is 29.4. The van der Waals surface area contributed by atoms with E-state index in [1.807, 2.05) is 44.2 Å². The maximum atomic E-state index is 14.5. The van der Waals surface area contributed by atoms with Crippen molar-refractivity contribution in [2.45, 2.75) is 142 Å². The Morgan fingerprint density at radius 1 is 0.667 bits per heavy atom. The fourth-order valence-corrected chi connectivity index (χ4v) is 10.8. The van der Waals surface area contributed by atoms with E-state index in [0.29, 0.717) is 121 Å². The van der Waals surface area contributed by atoms with Crippen molar-refractivity contribution in [1.82, 2.24) is 15.1 Å². The molecule has 2 fully saturated rings. The lowest BCUT2D eigenvalue weighted by molar-refractivity contribution is -0.162. The monoisotopic (exact) mass is 1160 g/mol. The minimum absolute atomic E-state index is 0.00575. The number of fused-ring (bicyclic) bond motifs is 1. The summed E-state index contributed by atoms with van der Waals surface area (Å²) in [5.41, 5.74) is 5.95. The van der Waals surface area contributed by atoms with Crippen molar-refractivity contribution in [3.05, 3.63) is 117 Å². The Balaban J connectivity index is 0.769. The van der Waals surface area contributed by atoms with Gasteiger partial charge in [-0.15, -0.1) is 0 Å². The second-order valence-electron chi connectivity index (χ2n) is 21.6. The number of piperidine rings is 2. The van der Waals surface area contributed by atoms with E-state index < -0.39 is 53.7 Å². The molecule has 5 amide bonds. The average Bonchev–Trinajstić information content (AvgIpc) is 2.81. The van der Waals surface area contributed by atoms with Crippen LogP contribution in [0.15, 0.2) is 72.8 Å². The molecular formula is C65H81N3O16. The molecule has 2 saturated heterocycles. The quantitative estimate of drug-likeness (QED) is 0.0262. The molecule has 4 atom stereocenters. The van der Waals surface area contributed by atoms with Gasteiger partial charge in [-0.1, -0.05) is 49.4 Å². The first-order chi connectivity index (χ1) is 40.6. The number of carbonyl (C=O) groups excluding carboxylic acids is 8. The predicted molar refractivity (Wildman–Crippen MR) is 310 cm³/mol. The smallest absolute Gasteiger partial charge is 0.329 e. The van der Waals surface area contributed by atoms with Crippen molar-refractivity contribution in [2.75, 3.05) is 73.6 Å². The van der Waals surface area contributed by atoms with Crippen LogP contribution >= 0.6 is 0 Å². The highest BCUT2D eigenvalue weighted by molar-refractivity contribution is 6.24. The molecule has 7 rings (SSSR count). The number of hydrogen-bond acceptors (Lipinski definition) is 16. The molecule has 0 radical (unpaired) electrons. The number of hydrogen-bond donors (Lipinski definition) is 1. The van der Waals surface area contributed by atoms with Crippen LogP contribution in [-0.2, 0) is 54.1 Å². The zero-order valence-corrected chi connectivity index (χ0v) is 49.4. The van der Waals surface area contributed by atoms with Crippen LogP contribution in [0.1, 0.15) is 157 Å². The predicted octanol–water partition coefficient (Wildman–Crippen LogP) is 8.81. The van der Waals surface area contributed by atoms with Gasteiger partial charge in [-0.25, -0.2) is 4.79 Å². The van der Waals surface area contributed by atoms with Crippen LogP contribution in [0, 0.1) is 20.8 Å². The summed E-state index contributed by atoms with van der Waals surface area (Å²) in [6.45, 7) is 10.5. The lowest BCUT2D eigenvalue weighted by atomic mass is 9.91. The summed E-state index contributed by atoms with van der Waals surface area (Å²) in [6.07, 6.45) is 6.19. The van der Waals surface area contributed by atoms with Crippen LogP contribution in [0.4, 0.5) is 0 Å². The minimum Gasteiger partial charge on any atom is -0.493 e. The van der Waals surface area contributed by atoms with Gasteiger partial charge in [0.2, 0.25) is 17.7 Å². The fourth-order valence-electron chi connectivity index (χ4n) is 10.8. The molecule has 4 aromatic rings. The number of methoxy groups -OCH3 is 2. The SMILES string of the molecule is CC[C@H](C(=O)N1CCCC[C@H]1C(=O)O[C@@H](CCc1ccc(C)c(C)c1)c1cccc(OCC(=O)CCCCOCCOCCOCCCCC(=O)COc2cccc3c2C(=O)N(C2CCC(=O)NC2=O)C3=O)c1)c1cc(C)c(OC)c(OC)c1. The number of rotatable bonds is 34. The molecule has 4 aromatic carbocycles. The van der Waals surface area contributed by atoms with Crippen molar-refractivity contribution in [1.29, 1.82) is 0 Å². The molecule has 0 aliphatic carbocycles. The fraction of sp³-hybridized carbons (Fsp3) is 0.508. The van der Waals surface area contributed by atoms with Crippen molar-refractivity contribution < 1.29 is 76.3 Å². The molecule has 19 nitrogen and oxygen atoms in total. The summed E-state index contributed by atoms with van der Waals surface area (Å²) in [5, 5.41) is 2.17. The molecular weight excluding hydrogens is 1080 g/mol. The zero-order valence-electron chi connectivity index (χ0n) is 49.4. The van der Waals surface area contributed by atoms with E-state index in [4.69, 9.17) is 37.9 Å². The van der Waals surface area contributed by atoms with Gasteiger partial charge in [0, 0.05) is 39.0 Å². The molecule has 0 aromatic heterocycles. The summed E-state index contributed by atoms with van der Waals surface area (Å²) >= 11 is 0. The van der Waals surface area contributed by atoms with Gasteiger partial charge >= 0.3 is 5.97 Å². The number of likely N-dealkylation sites (tertiary alicyclic amines) is 1. The third kappa shape index (κ3) is 17.3. The Hall–Kier alpha value is -7.48. The van der Waals surface area contributed by atoms with E-state index in [-0.39, 0.29) is 66.8 Å². The highest BCUT2D eigenvalue weighted by Gasteiger charge is 2.46. The molecule has 1 unspecified atom stereocenters. The molecule has 0 bridgehead atoms. The molecule has 84 heavy (non-hydrogen) atoms. The van der Waals surface area contributed by atoms with Gasteiger partial charge in [0.15, 0.2) is 23.1 Å². The Labute approximate surface area is 492 Å². The third-order valence-corrected chi connectivity index (χ3v) is 15.6. The number of ether oxygens (including phenoxy) is 8. The lowest BCUT2D eigenvalue weighted by Crippen LogP contribution is -2.54. The summed E-state index contributed by atoms with van der Waals surface area (Å²) in [6, 6.07) is 20.1. The molecule has 0 saturated carbocycles. The molecule has 452 valence electrons. The highest BCUT2D eigenvalue weighted by Crippen LogP contribution is 2.38. The summed E-state index contributed by atoms with van der Waals surface area (Å²) in [7, 11) is 3.16. The van der Waals surface area contributed by atoms with Gasteiger partial charge in [0.25, 0.3) is 11.8 Å². The van der Waals surface area contributed by atoms with E-state index in [1.54, 1.807) is 31.3 Å². The minimum atomic E-state index is -1.10. The van der Waals surface area contributed by atoms with Gasteiger partial charge in [-0.05, 0) is 155 Å².